The van der Waals surface area contributed by atoms with Gasteiger partial charge in [0.15, 0.2) is 0 Å². The second kappa shape index (κ2) is 14.1. The molecule has 0 radical (unpaired) electrons. The van der Waals surface area contributed by atoms with Gasteiger partial charge in [-0.3, -0.25) is 19.3 Å². The Hall–Kier alpha value is -1.03. The van der Waals surface area contributed by atoms with E-state index >= 15 is 0 Å². The summed E-state index contributed by atoms with van der Waals surface area (Å²) in [6.45, 7) is 0.906. The maximum absolute atomic E-state index is 12.6. The summed E-state index contributed by atoms with van der Waals surface area (Å²) in [6.07, 6.45) is 0. The summed E-state index contributed by atoms with van der Waals surface area (Å²) in [4.78, 5) is 60.1. The minimum Gasteiger partial charge on any atom is -0.549 e. The summed E-state index contributed by atoms with van der Waals surface area (Å²) in [7, 11) is 0. The molecule has 15 heteroatoms. The average molecular weight is 539 g/mol. The zero-order chi connectivity index (χ0) is 24.3. The van der Waals surface area contributed by atoms with E-state index in [2.05, 4.69) is 5.32 Å². The summed E-state index contributed by atoms with van der Waals surface area (Å²) in [5.74, 6) is -4.67. The molecule has 2 amide bonds. The Bertz CT molecular complexity index is 1040. The third kappa shape index (κ3) is 7.73. The van der Waals surface area contributed by atoms with E-state index in [0.717, 1.165) is 16.7 Å². The molecule has 0 aromatic heterocycles. The molecule has 2 aliphatic rings. The van der Waals surface area contributed by atoms with Gasteiger partial charge in [0, 0.05) is 28.9 Å². The van der Waals surface area contributed by atoms with Gasteiger partial charge in [-0.25, -0.2) is 0 Å². The van der Waals surface area contributed by atoms with E-state index in [9.17, 15) is 34.2 Å². The van der Waals surface area contributed by atoms with Gasteiger partial charge in [-0.1, -0.05) is 12.1 Å². The number of carbonyl (C=O) groups excluding carboxylic acids is 5. The number of thioether (sulfide) groups is 2. The van der Waals surface area contributed by atoms with Crippen molar-refractivity contribution in [1.29, 1.82) is 0 Å². The van der Waals surface area contributed by atoms with E-state index < -0.39 is 47.2 Å². The van der Waals surface area contributed by atoms with Crippen molar-refractivity contribution in [3.05, 3.63) is 41.1 Å². The standard InChI is InChI=1S/C20H21N3O8S2.2Na/c1-9(24)31-6-11-7-33-19-15(18(28)23(19)16(11)20(29)30)22-17(27)14(21)10-2-4-12(5-3-10)32-8-13(25)26;;/h2-5,14-15,19H,6-8,21H2,1H3,(H,22,27)(H,25,26)(H,29,30);;/q;2*+1/p-2/t14?,15-,19-;;/m1../s1. The van der Waals surface area contributed by atoms with E-state index in [1.165, 1.54) is 18.7 Å². The first-order valence-corrected chi connectivity index (χ1v) is 11.6. The molecule has 3 N–H and O–H groups in total. The number of β-lactam (4-membered cyclic amide) rings is 1. The van der Waals surface area contributed by atoms with Crippen molar-refractivity contribution in [2.45, 2.75) is 29.3 Å². The number of carboxylic acid groups (broad SMARTS) is 2. The van der Waals surface area contributed by atoms with Crippen molar-refractivity contribution < 1.29 is 98.0 Å². The van der Waals surface area contributed by atoms with Crippen molar-refractivity contribution in [1.82, 2.24) is 10.2 Å². The minimum absolute atomic E-state index is 0. The molecule has 0 aliphatic carbocycles. The van der Waals surface area contributed by atoms with Gasteiger partial charge in [0.2, 0.25) is 5.91 Å². The van der Waals surface area contributed by atoms with Crippen LogP contribution in [0.1, 0.15) is 18.5 Å². The first kappa shape index (κ1) is 32.0. The Morgan fingerprint density at radius 2 is 1.86 bits per heavy atom. The number of nitrogens with two attached hydrogens (primary N) is 1. The van der Waals surface area contributed by atoms with Gasteiger partial charge in [0.1, 0.15) is 24.1 Å². The van der Waals surface area contributed by atoms with Crippen molar-refractivity contribution in [3.63, 3.8) is 0 Å². The van der Waals surface area contributed by atoms with E-state index in [-0.39, 0.29) is 88.5 Å². The molecule has 3 atom stereocenters. The van der Waals surface area contributed by atoms with Gasteiger partial charge in [0.25, 0.3) is 5.91 Å². The van der Waals surface area contributed by atoms with Crippen LogP contribution in [0, 0.1) is 0 Å². The molecule has 1 unspecified atom stereocenters. The van der Waals surface area contributed by atoms with Crippen molar-refractivity contribution >= 4 is 53.2 Å². The Kier molecular flexibility index (Phi) is 12.8. The number of benzene rings is 1. The molecule has 1 fully saturated rings. The number of aliphatic carboxylic acids is 2. The molecule has 1 saturated heterocycles. The Morgan fingerprint density at radius 1 is 1.23 bits per heavy atom. The van der Waals surface area contributed by atoms with Gasteiger partial charge < -0.3 is 35.6 Å². The number of hydrogen-bond donors (Lipinski definition) is 2. The van der Waals surface area contributed by atoms with Crippen molar-refractivity contribution in [2.75, 3.05) is 18.1 Å². The SMILES string of the molecule is CC(=O)OCC1=C(C(=O)[O-])N2C(=O)[C@@H](NC(=O)C(N)c3ccc(SCC(=O)[O-])cc3)[C@H]2SC1.[Na+].[Na+]. The number of carboxylic acids is 2. The normalized spacial score (nSPS) is 19.3. The first-order valence-electron chi connectivity index (χ1n) is 9.60. The smallest absolute Gasteiger partial charge is 0.549 e. The number of nitrogens with zero attached hydrogens (tertiary/aromatic N) is 1. The number of fused-ring (bicyclic) bond motifs is 1. The summed E-state index contributed by atoms with van der Waals surface area (Å²) in [6, 6.07) is 4.30. The van der Waals surface area contributed by atoms with Crippen LogP contribution < -0.4 is 80.4 Å². The van der Waals surface area contributed by atoms with Gasteiger partial charge in [-0.05, 0) is 17.7 Å². The number of amides is 2. The van der Waals surface area contributed by atoms with Gasteiger partial charge in [0.05, 0.1) is 17.6 Å². The summed E-state index contributed by atoms with van der Waals surface area (Å²) in [5, 5.41) is 24.1. The molecule has 0 spiro atoms. The van der Waals surface area contributed by atoms with Crippen LogP contribution in [0.5, 0.6) is 0 Å². The molecule has 1 aromatic rings. The molecular weight excluding hydrogens is 520 g/mol. The third-order valence-corrected chi connectivity index (χ3v) is 7.19. The predicted molar refractivity (Wildman–Crippen MR) is 113 cm³/mol. The maximum atomic E-state index is 12.6. The van der Waals surface area contributed by atoms with Crippen LogP contribution in [0.2, 0.25) is 0 Å². The van der Waals surface area contributed by atoms with Crippen molar-refractivity contribution in [3.8, 4) is 0 Å². The van der Waals surface area contributed by atoms with Gasteiger partial charge >= 0.3 is 65.1 Å². The number of hydrogen-bond acceptors (Lipinski definition) is 11. The fourth-order valence-corrected chi connectivity index (χ4v) is 5.22. The van der Waals surface area contributed by atoms with E-state index in [0.29, 0.717) is 10.5 Å². The van der Waals surface area contributed by atoms with Crippen LogP contribution in [-0.2, 0) is 28.7 Å². The second-order valence-electron chi connectivity index (χ2n) is 7.12. The number of rotatable bonds is 9. The largest absolute Gasteiger partial charge is 1.00 e. The van der Waals surface area contributed by atoms with Crippen LogP contribution in [-0.4, -0.2) is 64.2 Å². The van der Waals surface area contributed by atoms with Crippen LogP contribution in [0.4, 0.5) is 0 Å². The summed E-state index contributed by atoms with van der Waals surface area (Å²) < 4.78 is 4.85. The maximum Gasteiger partial charge on any atom is 1.00 e. The van der Waals surface area contributed by atoms with E-state index in [1.807, 2.05) is 0 Å². The third-order valence-electron chi connectivity index (χ3n) is 4.87. The molecule has 176 valence electrons. The van der Waals surface area contributed by atoms with E-state index in [1.54, 1.807) is 24.3 Å². The molecule has 3 rings (SSSR count). The Balaban J connectivity index is 0.00000306. The fourth-order valence-electron chi connectivity index (χ4n) is 3.28. The van der Waals surface area contributed by atoms with Crippen molar-refractivity contribution in [2.24, 2.45) is 5.73 Å². The quantitative estimate of drug-likeness (QED) is 0.132. The Morgan fingerprint density at radius 3 is 2.40 bits per heavy atom. The second-order valence-corrected chi connectivity index (χ2v) is 9.28. The average Bonchev–Trinajstić information content (AvgIpc) is 2.78. The van der Waals surface area contributed by atoms with Crippen LogP contribution in [0.15, 0.2) is 40.4 Å². The monoisotopic (exact) mass is 539 g/mol. The predicted octanol–water partition coefficient (Wildman–Crippen LogP) is -8.50. The minimum atomic E-state index is -1.58. The Labute approximate surface area is 253 Å². The fraction of sp³-hybridized carbons (Fsp3) is 0.350. The summed E-state index contributed by atoms with van der Waals surface area (Å²) in [5.41, 5.74) is 6.33. The zero-order valence-electron chi connectivity index (χ0n) is 19.3. The topological polar surface area (TPSA) is 182 Å². The van der Waals surface area contributed by atoms with Crippen LogP contribution in [0.3, 0.4) is 0 Å². The molecule has 35 heavy (non-hydrogen) atoms. The van der Waals surface area contributed by atoms with Gasteiger partial charge in [-0.2, -0.15) is 0 Å². The van der Waals surface area contributed by atoms with Gasteiger partial charge in [-0.15, -0.1) is 23.5 Å². The number of esters is 1. The van der Waals surface area contributed by atoms with Crippen LogP contribution in [0.25, 0.3) is 0 Å². The number of nitrogens with one attached hydrogen (secondary N) is 1. The molecule has 0 saturated carbocycles. The summed E-state index contributed by atoms with van der Waals surface area (Å²) >= 11 is 2.28. The zero-order valence-corrected chi connectivity index (χ0v) is 24.9. The molecule has 11 nitrogen and oxygen atoms in total. The molecule has 2 aliphatic heterocycles. The van der Waals surface area contributed by atoms with E-state index in [4.69, 9.17) is 10.5 Å². The molecule has 1 aromatic carbocycles. The van der Waals surface area contributed by atoms with Crippen LogP contribution >= 0.6 is 23.5 Å². The molecule has 2 heterocycles. The molecule has 0 bridgehead atoms. The first-order chi connectivity index (χ1) is 15.6. The number of ether oxygens (including phenoxy) is 1. The number of carbonyl (C=O) groups is 5. The molecular formula is C20H19N3Na2O8S2.